The summed E-state index contributed by atoms with van der Waals surface area (Å²) in [6.45, 7) is 1.98. The van der Waals surface area contributed by atoms with Crippen LogP contribution in [0.1, 0.15) is 12.7 Å². The number of nitrogens with one attached hydrogen (secondary N) is 1. The monoisotopic (exact) mass is 263 g/mol. The third kappa shape index (κ3) is 3.52. The Hall–Kier alpha value is -1.92. The van der Waals surface area contributed by atoms with E-state index in [-0.39, 0.29) is 13.2 Å². The number of aliphatic hydroxyl groups excluding tert-OH is 2. The Morgan fingerprint density at radius 1 is 1.42 bits per heavy atom. The number of hydrogen-bond acceptors (Lipinski definition) is 6. The van der Waals surface area contributed by atoms with Crippen molar-refractivity contribution in [1.29, 1.82) is 0 Å². The van der Waals surface area contributed by atoms with Crippen LogP contribution in [0.3, 0.4) is 0 Å². The lowest BCUT2D eigenvalue weighted by molar-refractivity contribution is 0.105. The van der Waals surface area contributed by atoms with Crippen molar-refractivity contribution in [2.24, 2.45) is 0 Å². The third-order valence-electron chi connectivity index (χ3n) is 2.65. The summed E-state index contributed by atoms with van der Waals surface area (Å²) in [5.74, 6) is 1.15. The van der Waals surface area contributed by atoms with Crippen molar-refractivity contribution < 1.29 is 14.7 Å². The smallest absolute Gasteiger partial charge is 0.257 e. The first-order chi connectivity index (χ1) is 9.22. The number of aryl methyl sites for hydroxylation is 1. The molecule has 0 aliphatic rings. The second kappa shape index (κ2) is 6.31. The zero-order valence-electron chi connectivity index (χ0n) is 10.7. The number of benzene rings is 1. The molecule has 0 aliphatic carbocycles. The van der Waals surface area contributed by atoms with Crippen LogP contribution in [0, 0.1) is 0 Å². The number of aliphatic hydroxyl groups is 2. The first-order valence-corrected chi connectivity index (χ1v) is 6.18. The van der Waals surface area contributed by atoms with E-state index in [9.17, 15) is 5.11 Å². The fourth-order valence-electron chi connectivity index (χ4n) is 1.58. The minimum absolute atomic E-state index is 0.268. The Bertz CT molecular complexity index is 527. The predicted octanol–water partition coefficient (Wildman–Crippen LogP) is 1.06. The molecule has 3 N–H and O–H groups in total. The van der Waals surface area contributed by atoms with Gasteiger partial charge in [-0.2, -0.15) is 4.98 Å². The van der Waals surface area contributed by atoms with Gasteiger partial charge in [-0.3, -0.25) is 0 Å². The van der Waals surface area contributed by atoms with E-state index in [1.165, 1.54) is 0 Å². The van der Waals surface area contributed by atoms with Crippen molar-refractivity contribution in [3.63, 3.8) is 0 Å². The Kier molecular flexibility index (Phi) is 4.48. The van der Waals surface area contributed by atoms with Gasteiger partial charge >= 0.3 is 0 Å². The number of aromatic nitrogens is 2. The molecule has 0 saturated carbocycles. The Morgan fingerprint density at radius 3 is 2.95 bits per heavy atom. The number of anilines is 1. The van der Waals surface area contributed by atoms with E-state index in [1.807, 2.05) is 31.2 Å². The Morgan fingerprint density at radius 2 is 2.26 bits per heavy atom. The molecule has 19 heavy (non-hydrogen) atoms. The zero-order chi connectivity index (χ0) is 13.7. The molecule has 2 aromatic rings. The van der Waals surface area contributed by atoms with Crippen LogP contribution >= 0.6 is 0 Å². The molecule has 0 aliphatic heterocycles. The largest absolute Gasteiger partial charge is 0.394 e. The van der Waals surface area contributed by atoms with Crippen molar-refractivity contribution in [1.82, 2.24) is 10.1 Å². The highest BCUT2D eigenvalue weighted by Crippen LogP contribution is 2.21. The van der Waals surface area contributed by atoms with Gasteiger partial charge < -0.3 is 20.1 Å². The van der Waals surface area contributed by atoms with Crippen molar-refractivity contribution in [3.8, 4) is 11.5 Å². The van der Waals surface area contributed by atoms with Gasteiger partial charge in [-0.1, -0.05) is 18.1 Å². The molecule has 102 valence electrons. The lowest BCUT2D eigenvalue weighted by Crippen LogP contribution is -2.22. The molecule has 0 bridgehead atoms. The van der Waals surface area contributed by atoms with Gasteiger partial charge in [-0.05, 0) is 18.2 Å². The van der Waals surface area contributed by atoms with E-state index in [0.717, 1.165) is 17.7 Å². The highest BCUT2D eigenvalue weighted by atomic mass is 16.5. The minimum atomic E-state index is -0.779. The van der Waals surface area contributed by atoms with Gasteiger partial charge in [0.05, 0.1) is 12.7 Å². The van der Waals surface area contributed by atoms with E-state index >= 15 is 0 Å². The molecule has 0 saturated heterocycles. The van der Waals surface area contributed by atoms with Crippen molar-refractivity contribution in [2.45, 2.75) is 19.4 Å². The van der Waals surface area contributed by atoms with Gasteiger partial charge in [-0.15, -0.1) is 0 Å². The summed E-state index contributed by atoms with van der Waals surface area (Å²) < 4.78 is 5.17. The lowest BCUT2D eigenvalue weighted by Gasteiger charge is -2.10. The average Bonchev–Trinajstić information content (AvgIpc) is 2.94. The quantitative estimate of drug-likeness (QED) is 0.722. The van der Waals surface area contributed by atoms with Crippen LogP contribution in [0.5, 0.6) is 0 Å². The molecule has 0 spiro atoms. The topological polar surface area (TPSA) is 91.4 Å². The van der Waals surface area contributed by atoms with Crippen molar-refractivity contribution >= 4 is 5.69 Å². The molecule has 0 amide bonds. The summed E-state index contributed by atoms with van der Waals surface area (Å²) in [6, 6.07) is 7.46. The SMILES string of the molecule is CCc1noc(-c2cccc(NCC(O)CO)c2)n1. The van der Waals surface area contributed by atoms with Gasteiger partial charge in [0.25, 0.3) is 5.89 Å². The first-order valence-electron chi connectivity index (χ1n) is 6.18. The molecule has 1 aromatic carbocycles. The standard InChI is InChI=1S/C13H17N3O3/c1-2-12-15-13(19-16-12)9-4-3-5-10(6-9)14-7-11(18)8-17/h3-6,11,14,17-18H,2,7-8H2,1H3. The van der Waals surface area contributed by atoms with E-state index in [1.54, 1.807) is 0 Å². The van der Waals surface area contributed by atoms with Crippen LogP contribution in [-0.4, -0.2) is 39.6 Å². The maximum atomic E-state index is 9.29. The maximum absolute atomic E-state index is 9.29. The molecular formula is C13H17N3O3. The van der Waals surface area contributed by atoms with Crippen LogP contribution in [0.2, 0.25) is 0 Å². The summed E-state index contributed by atoms with van der Waals surface area (Å²) in [6.07, 6.45) is -0.0526. The third-order valence-corrected chi connectivity index (χ3v) is 2.65. The predicted molar refractivity (Wildman–Crippen MR) is 70.7 cm³/mol. The van der Waals surface area contributed by atoms with Crippen LogP contribution in [0.4, 0.5) is 5.69 Å². The molecule has 6 nitrogen and oxygen atoms in total. The van der Waals surface area contributed by atoms with Crippen molar-refractivity contribution in [3.05, 3.63) is 30.1 Å². The summed E-state index contributed by atoms with van der Waals surface area (Å²) in [4.78, 5) is 4.26. The zero-order valence-corrected chi connectivity index (χ0v) is 10.7. The second-order valence-electron chi connectivity index (χ2n) is 4.17. The second-order valence-corrected chi connectivity index (χ2v) is 4.17. The Labute approximate surface area is 111 Å². The highest BCUT2D eigenvalue weighted by molar-refractivity contribution is 5.61. The molecule has 1 unspecified atom stereocenters. The maximum Gasteiger partial charge on any atom is 0.257 e. The normalized spacial score (nSPS) is 12.4. The van der Waals surface area contributed by atoms with Gasteiger partial charge in [0.15, 0.2) is 5.82 Å². The van der Waals surface area contributed by atoms with Gasteiger partial charge in [0, 0.05) is 24.2 Å². The van der Waals surface area contributed by atoms with E-state index in [2.05, 4.69) is 15.5 Å². The molecule has 6 heteroatoms. The van der Waals surface area contributed by atoms with Gasteiger partial charge in [-0.25, -0.2) is 0 Å². The summed E-state index contributed by atoms with van der Waals surface area (Å²) in [7, 11) is 0. The van der Waals surface area contributed by atoms with E-state index in [4.69, 9.17) is 9.63 Å². The van der Waals surface area contributed by atoms with Crippen LogP contribution in [0.25, 0.3) is 11.5 Å². The van der Waals surface area contributed by atoms with Gasteiger partial charge in [0.2, 0.25) is 0 Å². The minimum Gasteiger partial charge on any atom is -0.394 e. The number of nitrogens with zero attached hydrogens (tertiary/aromatic N) is 2. The molecule has 0 radical (unpaired) electrons. The van der Waals surface area contributed by atoms with Crippen LogP contribution in [-0.2, 0) is 6.42 Å². The average molecular weight is 263 g/mol. The molecule has 1 atom stereocenters. The Balaban J connectivity index is 2.10. The molecule has 2 rings (SSSR count). The molecule has 1 aromatic heterocycles. The molecule has 1 heterocycles. The fourth-order valence-corrected chi connectivity index (χ4v) is 1.58. The first kappa shape index (κ1) is 13.5. The highest BCUT2D eigenvalue weighted by Gasteiger charge is 2.08. The van der Waals surface area contributed by atoms with Crippen LogP contribution < -0.4 is 5.32 Å². The van der Waals surface area contributed by atoms with Crippen LogP contribution in [0.15, 0.2) is 28.8 Å². The summed E-state index contributed by atoms with van der Waals surface area (Å²) in [5, 5.41) is 24.9. The summed E-state index contributed by atoms with van der Waals surface area (Å²) in [5.41, 5.74) is 1.64. The number of rotatable bonds is 6. The molecule has 0 fully saturated rings. The summed E-state index contributed by atoms with van der Waals surface area (Å²) >= 11 is 0. The number of hydrogen-bond donors (Lipinski definition) is 3. The van der Waals surface area contributed by atoms with E-state index in [0.29, 0.717) is 11.7 Å². The lowest BCUT2D eigenvalue weighted by atomic mass is 10.2. The van der Waals surface area contributed by atoms with Gasteiger partial charge in [0.1, 0.15) is 0 Å². The molecular weight excluding hydrogens is 246 g/mol. The van der Waals surface area contributed by atoms with E-state index < -0.39 is 6.10 Å². The van der Waals surface area contributed by atoms with Crippen molar-refractivity contribution in [2.75, 3.05) is 18.5 Å². The fraction of sp³-hybridized carbons (Fsp3) is 0.385.